The van der Waals surface area contributed by atoms with E-state index in [-0.39, 0.29) is 22.1 Å². The standard InChI is InChI=1S/C20H18FN5O2S/c1-12-15(7-4-13-5-9-18(23-2)24-11-13)19(26-20(22)25-12)16-8-6-14(10-17(16)21)29(3,27)28/h5-6,8-11H,1-3H3,(H,23,24)(H2,22,25,26). The first-order valence-electron chi connectivity index (χ1n) is 8.49. The monoisotopic (exact) mass is 411 g/mol. The largest absolute Gasteiger partial charge is 0.373 e. The fraction of sp³-hybridized carbons (Fsp3) is 0.150. The van der Waals surface area contributed by atoms with Crippen molar-refractivity contribution in [3.63, 3.8) is 0 Å². The molecule has 0 aliphatic rings. The number of nitrogen functional groups attached to an aromatic ring is 1. The van der Waals surface area contributed by atoms with Crippen molar-refractivity contribution < 1.29 is 12.8 Å². The predicted molar refractivity (Wildman–Crippen MR) is 109 cm³/mol. The van der Waals surface area contributed by atoms with Gasteiger partial charge in [0.05, 0.1) is 21.8 Å². The normalized spacial score (nSPS) is 10.9. The summed E-state index contributed by atoms with van der Waals surface area (Å²) in [6.45, 7) is 1.69. The molecule has 0 unspecified atom stereocenters. The Kier molecular flexibility index (Phi) is 5.48. The van der Waals surface area contributed by atoms with Crippen LogP contribution in [0.3, 0.4) is 0 Å². The van der Waals surface area contributed by atoms with Crippen LogP contribution in [-0.4, -0.2) is 36.7 Å². The van der Waals surface area contributed by atoms with Gasteiger partial charge in [-0.05, 0) is 37.3 Å². The average molecular weight is 411 g/mol. The molecular weight excluding hydrogens is 393 g/mol. The van der Waals surface area contributed by atoms with Gasteiger partial charge >= 0.3 is 0 Å². The van der Waals surface area contributed by atoms with E-state index in [1.54, 1.807) is 32.3 Å². The second-order valence-electron chi connectivity index (χ2n) is 6.24. The van der Waals surface area contributed by atoms with E-state index in [0.717, 1.165) is 12.3 Å². The molecule has 9 heteroatoms. The summed E-state index contributed by atoms with van der Waals surface area (Å²) in [5.74, 6) is 5.85. The zero-order valence-electron chi connectivity index (χ0n) is 16.0. The number of hydrogen-bond acceptors (Lipinski definition) is 7. The minimum Gasteiger partial charge on any atom is -0.373 e. The van der Waals surface area contributed by atoms with Crippen LogP contribution in [0.5, 0.6) is 0 Å². The molecule has 0 aliphatic carbocycles. The van der Waals surface area contributed by atoms with Gasteiger partial charge in [-0.1, -0.05) is 11.8 Å². The number of pyridine rings is 1. The fourth-order valence-electron chi connectivity index (χ4n) is 2.61. The van der Waals surface area contributed by atoms with Gasteiger partial charge in [0, 0.05) is 30.6 Å². The van der Waals surface area contributed by atoms with Gasteiger partial charge in [-0.3, -0.25) is 0 Å². The Bertz CT molecular complexity index is 1250. The lowest BCUT2D eigenvalue weighted by Crippen LogP contribution is -2.05. The molecule has 0 bridgehead atoms. The smallest absolute Gasteiger partial charge is 0.220 e. The highest BCUT2D eigenvalue weighted by Crippen LogP contribution is 2.28. The van der Waals surface area contributed by atoms with E-state index in [0.29, 0.717) is 22.6 Å². The Balaban J connectivity index is 2.13. The summed E-state index contributed by atoms with van der Waals surface area (Å²) in [4.78, 5) is 12.3. The molecule has 3 aromatic rings. The van der Waals surface area contributed by atoms with Crippen molar-refractivity contribution in [2.75, 3.05) is 24.4 Å². The fourth-order valence-corrected chi connectivity index (χ4v) is 3.24. The van der Waals surface area contributed by atoms with Crippen LogP contribution < -0.4 is 11.1 Å². The Labute approximate surface area is 168 Å². The molecule has 0 saturated heterocycles. The van der Waals surface area contributed by atoms with E-state index in [1.165, 1.54) is 12.1 Å². The molecule has 0 aliphatic heterocycles. The van der Waals surface area contributed by atoms with Gasteiger partial charge in [-0.25, -0.2) is 27.8 Å². The van der Waals surface area contributed by atoms with E-state index in [9.17, 15) is 12.8 Å². The Morgan fingerprint density at radius 1 is 1.14 bits per heavy atom. The molecule has 0 atom stereocenters. The molecule has 0 saturated carbocycles. The second kappa shape index (κ2) is 7.85. The van der Waals surface area contributed by atoms with Crippen molar-refractivity contribution in [3.05, 3.63) is 59.2 Å². The minimum atomic E-state index is -3.54. The number of benzene rings is 1. The number of nitrogens with one attached hydrogen (secondary N) is 1. The number of aromatic nitrogens is 3. The first-order valence-corrected chi connectivity index (χ1v) is 10.4. The number of aryl methyl sites for hydroxylation is 1. The van der Waals surface area contributed by atoms with Crippen LogP contribution >= 0.6 is 0 Å². The number of hydrogen-bond donors (Lipinski definition) is 2. The first kappa shape index (κ1) is 20.2. The lowest BCUT2D eigenvalue weighted by Gasteiger charge is -2.10. The van der Waals surface area contributed by atoms with E-state index in [1.807, 2.05) is 0 Å². The second-order valence-corrected chi connectivity index (χ2v) is 8.25. The van der Waals surface area contributed by atoms with Crippen LogP contribution in [0.1, 0.15) is 16.8 Å². The summed E-state index contributed by atoms with van der Waals surface area (Å²) in [5.41, 5.74) is 7.55. The molecule has 29 heavy (non-hydrogen) atoms. The molecule has 2 heterocycles. The third-order valence-corrected chi connectivity index (χ3v) is 5.19. The lowest BCUT2D eigenvalue weighted by atomic mass is 10.0. The molecule has 148 valence electrons. The van der Waals surface area contributed by atoms with Gasteiger partial charge in [-0.15, -0.1) is 0 Å². The summed E-state index contributed by atoms with van der Waals surface area (Å²) in [6, 6.07) is 7.19. The maximum atomic E-state index is 14.7. The summed E-state index contributed by atoms with van der Waals surface area (Å²) < 4.78 is 38.1. The number of rotatable bonds is 3. The molecular formula is C20H18FN5O2S. The third kappa shape index (κ3) is 4.50. The highest BCUT2D eigenvalue weighted by Gasteiger charge is 2.17. The van der Waals surface area contributed by atoms with Crippen molar-refractivity contribution in [2.24, 2.45) is 0 Å². The molecule has 0 spiro atoms. The van der Waals surface area contributed by atoms with Crippen LogP contribution in [0.25, 0.3) is 11.3 Å². The zero-order valence-corrected chi connectivity index (χ0v) is 16.8. The molecule has 7 nitrogen and oxygen atoms in total. The quantitative estimate of drug-likeness (QED) is 0.637. The highest BCUT2D eigenvalue weighted by atomic mass is 32.2. The van der Waals surface area contributed by atoms with Gasteiger partial charge < -0.3 is 11.1 Å². The predicted octanol–water partition coefficient (Wildman–Crippen LogP) is 2.41. The average Bonchev–Trinajstić information content (AvgIpc) is 2.66. The van der Waals surface area contributed by atoms with Crippen LogP contribution in [0.15, 0.2) is 41.4 Å². The lowest BCUT2D eigenvalue weighted by molar-refractivity contribution is 0.596. The number of nitrogens with zero attached hydrogens (tertiary/aromatic N) is 3. The van der Waals surface area contributed by atoms with Gasteiger partial charge in [0.25, 0.3) is 0 Å². The Morgan fingerprint density at radius 2 is 1.90 bits per heavy atom. The van der Waals surface area contributed by atoms with Crippen LogP contribution in [0.4, 0.5) is 16.2 Å². The van der Waals surface area contributed by atoms with Crippen molar-refractivity contribution in [1.82, 2.24) is 15.0 Å². The Hall–Kier alpha value is -3.51. The number of sulfone groups is 1. The van der Waals surface area contributed by atoms with Crippen molar-refractivity contribution >= 4 is 21.6 Å². The molecule has 3 rings (SSSR count). The van der Waals surface area contributed by atoms with Gasteiger partial charge in [0.15, 0.2) is 9.84 Å². The van der Waals surface area contributed by atoms with E-state index < -0.39 is 15.7 Å². The first-order chi connectivity index (χ1) is 13.7. The van der Waals surface area contributed by atoms with E-state index in [2.05, 4.69) is 32.1 Å². The molecule has 0 fully saturated rings. The molecule has 2 aromatic heterocycles. The zero-order chi connectivity index (χ0) is 21.2. The number of anilines is 2. The van der Waals surface area contributed by atoms with Crippen LogP contribution in [-0.2, 0) is 9.84 Å². The van der Waals surface area contributed by atoms with E-state index >= 15 is 0 Å². The van der Waals surface area contributed by atoms with Crippen molar-refractivity contribution in [1.29, 1.82) is 0 Å². The van der Waals surface area contributed by atoms with Gasteiger partial charge in [0.1, 0.15) is 11.6 Å². The van der Waals surface area contributed by atoms with Crippen LogP contribution in [0.2, 0.25) is 0 Å². The summed E-state index contributed by atoms with van der Waals surface area (Å²) in [7, 11) is -1.78. The van der Waals surface area contributed by atoms with Gasteiger partial charge in [0.2, 0.25) is 5.95 Å². The maximum Gasteiger partial charge on any atom is 0.220 e. The van der Waals surface area contributed by atoms with Crippen molar-refractivity contribution in [2.45, 2.75) is 11.8 Å². The maximum absolute atomic E-state index is 14.7. The molecule has 3 N–H and O–H groups in total. The Morgan fingerprint density at radius 3 is 2.48 bits per heavy atom. The summed E-state index contributed by atoms with van der Waals surface area (Å²) in [5, 5.41) is 2.92. The van der Waals surface area contributed by atoms with Gasteiger partial charge in [-0.2, -0.15) is 0 Å². The van der Waals surface area contributed by atoms with E-state index in [4.69, 9.17) is 5.73 Å². The molecule has 0 radical (unpaired) electrons. The SMILES string of the molecule is CNc1ccc(C#Cc2c(C)nc(N)nc2-c2ccc(S(C)(=O)=O)cc2F)cn1. The molecule has 1 aromatic carbocycles. The number of nitrogens with two attached hydrogens (primary N) is 1. The van der Waals surface area contributed by atoms with Crippen LogP contribution in [0, 0.1) is 24.6 Å². The number of halogens is 1. The summed E-state index contributed by atoms with van der Waals surface area (Å²) >= 11 is 0. The highest BCUT2D eigenvalue weighted by molar-refractivity contribution is 7.90. The minimum absolute atomic E-state index is 0.0327. The van der Waals surface area contributed by atoms with Crippen molar-refractivity contribution in [3.8, 4) is 23.1 Å². The molecule has 0 amide bonds. The topological polar surface area (TPSA) is 111 Å². The summed E-state index contributed by atoms with van der Waals surface area (Å²) in [6.07, 6.45) is 2.62. The third-order valence-electron chi connectivity index (χ3n) is 4.08.